The quantitative estimate of drug-likeness (QED) is 0.751. The predicted molar refractivity (Wildman–Crippen MR) is 92.1 cm³/mol. The fourth-order valence-electron chi connectivity index (χ4n) is 2.21. The van der Waals surface area contributed by atoms with Gasteiger partial charge in [0.25, 0.3) is 0 Å². The minimum absolute atomic E-state index is 0.0634. The summed E-state index contributed by atoms with van der Waals surface area (Å²) < 4.78 is 5.87. The molecule has 2 nitrogen and oxygen atoms in total. The first kappa shape index (κ1) is 18.5. The van der Waals surface area contributed by atoms with Crippen molar-refractivity contribution in [3.63, 3.8) is 0 Å². The van der Waals surface area contributed by atoms with Gasteiger partial charge in [-0.2, -0.15) is 0 Å². The zero-order chi connectivity index (χ0) is 15.9. The summed E-state index contributed by atoms with van der Waals surface area (Å²) in [5.74, 6) is 0.563. The Bertz CT molecular complexity index is 412. The summed E-state index contributed by atoms with van der Waals surface area (Å²) in [7, 11) is 0. The smallest absolute Gasteiger partial charge is 0.0598 e. The molecule has 0 aliphatic rings. The number of hydrogen-bond acceptors (Lipinski definition) is 2. The molecule has 21 heavy (non-hydrogen) atoms. The molecule has 0 aliphatic carbocycles. The van der Waals surface area contributed by atoms with E-state index in [1.807, 2.05) is 12.1 Å². The summed E-state index contributed by atoms with van der Waals surface area (Å²) in [6, 6.07) is 8.68. The van der Waals surface area contributed by atoms with Gasteiger partial charge < -0.3 is 10.1 Å². The molecule has 1 aromatic rings. The van der Waals surface area contributed by atoms with Crippen LogP contribution in [0.4, 0.5) is 0 Å². The second kappa shape index (κ2) is 8.77. The molecule has 0 saturated heterocycles. The molecule has 0 spiro atoms. The largest absolute Gasteiger partial charge is 0.376 e. The number of halogens is 1. The monoisotopic (exact) mass is 311 g/mol. The van der Waals surface area contributed by atoms with Crippen LogP contribution in [0, 0.1) is 5.92 Å². The molecule has 3 heteroatoms. The zero-order valence-electron chi connectivity index (χ0n) is 14.1. The number of rotatable bonds is 8. The molecule has 0 aromatic heterocycles. The first-order valence-corrected chi connectivity index (χ1v) is 8.26. The van der Waals surface area contributed by atoms with Crippen LogP contribution in [0.2, 0.25) is 5.02 Å². The summed E-state index contributed by atoms with van der Waals surface area (Å²) >= 11 is 6.08. The van der Waals surface area contributed by atoms with E-state index >= 15 is 0 Å². The van der Waals surface area contributed by atoms with Crippen molar-refractivity contribution in [3.8, 4) is 0 Å². The van der Waals surface area contributed by atoms with E-state index in [0.717, 1.165) is 31.0 Å². The third-order valence-electron chi connectivity index (χ3n) is 3.29. The van der Waals surface area contributed by atoms with Crippen molar-refractivity contribution in [1.29, 1.82) is 0 Å². The van der Waals surface area contributed by atoms with E-state index in [1.54, 1.807) is 0 Å². The summed E-state index contributed by atoms with van der Waals surface area (Å²) in [6.07, 6.45) is 2.09. The average Bonchev–Trinajstić information content (AvgIpc) is 2.34. The average molecular weight is 312 g/mol. The number of ether oxygens (including phenoxy) is 1. The summed E-state index contributed by atoms with van der Waals surface area (Å²) in [5.41, 5.74) is 1.24. The van der Waals surface area contributed by atoms with Crippen LogP contribution in [0.5, 0.6) is 0 Å². The standard InChI is InChI=1S/C18H30ClNO/c1-14(2)20-13-16(9-10-21-18(3,4)5)11-15-7-6-8-17(19)12-15/h6-8,12,14,16,20H,9-11,13H2,1-5H3. The maximum atomic E-state index is 6.08. The third-order valence-corrected chi connectivity index (χ3v) is 3.52. The third kappa shape index (κ3) is 9.13. The molecular formula is C18H30ClNO. The van der Waals surface area contributed by atoms with E-state index < -0.39 is 0 Å². The first-order valence-electron chi connectivity index (χ1n) is 7.88. The van der Waals surface area contributed by atoms with E-state index in [4.69, 9.17) is 16.3 Å². The van der Waals surface area contributed by atoms with Gasteiger partial charge in [-0.1, -0.05) is 37.6 Å². The van der Waals surface area contributed by atoms with Crippen molar-refractivity contribution in [2.75, 3.05) is 13.2 Å². The van der Waals surface area contributed by atoms with Gasteiger partial charge in [0.2, 0.25) is 0 Å². The predicted octanol–water partition coefficient (Wildman–Crippen LogP) is 4.70. The highest BCUT2D eigenvalue weighted by Gasteiger charge is 2.14. The fourth-order valence-corrected chi connectivity index (χ4v) is 2.42. The highest BCUT2D eigenvalue weighted by Crippen LogP contribution is 2.18. The molecule has 1 rings (SSSR count). The molecular weight excluding hydrogens is 282 g/mol. The Morgan fingerprint density at radius 1 is 1.24 bits per heavy atom. The van der Waals surface area contributed by atoms with Crippen LogP contribution < -0.4 is 5.32 Å². The Morgan fingerprint density at radius 2 is 1.95 bits per heavy atom. The van der Waals surface area contributed by atoms with Gasteiger partial charge in [-0.3, -0.25) is 0 Å². The molecule has 0 saturated carbocycles. The first-order chi connectivity index (χ1) is 9.76. The molecule has 0 bridgehead atoms. The maximum absolute atomic E-state index is 6.08. The molecule has 1 unspecified atom stereocenters. The van der Waals surface area contributed by atoms with E-state index in [0.29, 0.717) is 12.0 Å². The second-order valence-electron chi connectivity index (χ2n) is 7.01. The van der Waals surface area contributed by atoms with Gasteiger partial charge in [0.1, 0.15) is 0 Å². The van der Waals surface area contributed by atoms with Crippen LogP contribution in [0.3, 0.4) is 0 Å². The number of benzene rings is 1. The van der Waals surface area contributed by atoms with Crippen molar-refractivity contribution < 1.29 is 4.74 Å². The molecule has 1 N–H and O–H groups in total. The second-order valence-corrected chi connectivity index (χ2v) is 7.45. The summed E-state index contributed by atoms with van der Waals surface area (Å²) in [4.78, 5) is 0. The molecule has 1 atom stereocenters. The Balaban J connectivity index is 2.55. The molecule has 1 aromatic carbocycles. The Kier molecular flexibility index (Phi) is 7.72. The van der Waals surface area contributed by atoms with Crippen molar-refractivity contribution in [2.45, 2.75) is 59.1 Å². The van der Waals surface area contributed by atoms with Crippen LogP contribution in [-0.4, -0.2) is 24.8 Å². The van der Waals surface area contributed by atoms with Crippen molar-refractivity contribution in [1.82, 2.24) is 5.32 Å². The van der Waals surface area contributed by atoms with Crippen molar-refractivity contribution in [3.05, 3.63) is 34.9 Å². The molecule has 0 amide bonds. The van der Waals surface area contributed by atoms with Gasteiger partial charge in [0.05, 0.1) is 5.60 Å². The number of hydrogen-bond donors (Lipinski definition) is 1. The van der Waals surface area contributed by atoms with Crippen molar-refractivity contribution >= 4 is 11.6 Å². The number of nitrogens with one attached hydrogen (secondary N) is 1. The van der Waals surface area contributed by atoms with Gasteiger partial charge in [-0.25, -0.2) is 0 Å². The molecule has 0 fully saturated rings. The van der Waals surface area contributed by atoms with Gasteiger partial charge >= 0.3 is 0 Å². The fraction of sp³-hybridized carbons (Fsp3) is 0.667. The van der Waals surface area contributed by atoms with Gasteiger partial charge in [-0.15, -0.1) is 0 Å². The SMILES string of the molecule is CC(C)NCC(CCOC(C)(C)C)Cc1cccc(Cl)c1. The van der Waals surface area contributed by atoms with E-state index in [1.165, 1.54) is 5.56 Å². The van der Waals surface area contributed by atoms with Gasteiger partial charge in [0, 0.05) is 17.7 Å². The lowest BCUT2D eigenvalue weighted by Gasteiger charge is -2.23. The molecule has 0 radical (unpaired) electrons. The van der Waals surface area contributed by atoms with E-state index in [2.05, 4.69) is 52.1 Å². The highest BCUT2D eigenvalue weighted by molar-refractivity contribution is 6.30. The van der Waals surface area contributed by atoms with Gasteiger partial charge in [-0.05, 0) is 63.8 Å². The minimum atomic E-state index is -0.0634. The normalized spacial score (nSPS) is 13.7. The van der Waals surface area contributed by atoms with Crippen molar-refractivity contribution in [2.24, 2.45) is 5.92 Å². The highest BCUT2D eigenvalue weighted by atomic mass is 35.5. The minimum Gasteiger partial charge on any atom is -0.376 e. The summed E-state index contributed by atoms with van der Waals surface area (Å²) in [6.45, 7) is 12.5. The van der Waals surface area contributed by atoms with Gasteiger partial charge in [0.15, 0.2) is 0 Å². The topological polar surface area (TPSA) is 21.3 Å². The van der Waals surface area contributed by atoms with Crippen LogP contribution in [-0.2, 0) is 11.2 Å². The lowest BCUT2D eigenvalue weighted by atomic mass is 9.96. The molecule has 120 valence electrons. The lowest BCUT2D eigenvalue weighted by molar-refractivity contribution is -0.00927. The zero-order valence-corrected chi connectivity index (χ0v) is 14.8. The Hall–Kier alpha value is -0.570. The Morgan fingerprint density at radius 3 is 2.52 bits per heavy atom. The maximum Gasteiger partial charge on any atom is 0.0598 e. The lowest BCUT2D eigenvalue weighted by Crippen LogP contribution is -2.31. The van der Waals surface area contributed by atoms with Crippen LogP contribution in [0.15, 0.2) is 24.3 Å². The summed E-state index contributed by atoms with van der Waals surface area (Å²) in [5, 5.41) is 4.35. The van der Waals surface area contributed by atoms with Crippen LogP contribution >= 0.6 is 11.6 Å². The Labute approximate surface area is 135 Å². The van der Waals surface area contributed by atoms with E-state index in [9.17, 15) is 0 Å². The molecule has 0 heterocycles. The molecule has 0 aliphatic heterocycles. The van der Waals surface area contributed by atoms with Crippen LogP contribution in [0.25, 0.3) is 0 Å². The van der Waals surface area contributed by atoms with E-state index in [-0.39, 0.29) is 5.60 Å². The van der Waals surface area contributed by atoms with Crippen LogP contribution in [0.1, 0.15) is 46.6 Å².